The quantitative estimate of drug-likeness (QED) is 0.554. The van der Waals surface area contributed by atoms with Crippen LogP contribution in [0.15, 0.2) is 70.9 Å². The van der Waals surface area contributed by atoms with Gasteiger partial charge in [-0.1, -0.05) is 36.4 Å². The molecule has 1 saturated carbocycles. The van der Waals surface area contributed by atoms with Gasteiger partial charge in [0.2, 0.25) is 0 Å². The monoisotopic (exact) mass is 470 g/mol. The van der Waals surface area contributed by atoms with Crippen LogP contribution in [-0.4, -0.2) is 39.1 Å². The summed E-state index contributed by atoms with van der Waals surface area (Å²) < 4.78 is 0. The van der Waals surface area contributed by atoms with E-state index in [0.717, 1.165) is 24.0 Å². The highest BCUT2D eigenvalue weighted by Gasteiger charge is 2.44. The number of nitrogens with zero attached hydrogens (tertiary/aromatic N) is 3. The van der Waals surface area contributed by atoms with E-state index < -0.39 is 11.5 Å². The highest BCUT2D eigenvalue weighted by Crippen LogP contribution is 2.37. The van der Waals surface area contributed by atoms with Gasteiger partial charge in [0.15, 0.2) is 11.3 Å². The first-order chi connectivity index (χ1) is 16.8. The van der Waals surface area contributed by atoms with Gasteiger partial charge in [-0.25, -0.2) is 4.79 Å². The fourth-order valence-corrected chi connectivity index (χ4v) is 4.28. The van der Waals surface area contributed by atoms with Crippen LogP contribution in [0.2, 0.25) is 0 Å². The van der Waals surface area contributed by atoms with Crippen molar-refractivity contribution in [3.05, 3.63) is 77.4 Å². The average molecular weight is 471 g/mol. The number of hydrazone groups is 2. The van der Waals surface area contributed by atoms with E-state index in [1.54, 1.807) is 36.4 Å². The van der Waals surface area contributed by atoms with E-state index in [-0.39, 0.29) is 29.7 Å². The fourth-order valence-electron chi connectivity index (χ4n) is 4.28. The van der Waals surface area contributed by atoms with Crippen LogP contribution in [0.5, 0.6) is 5.75 Å². The van der Waals surface area contributed by atoms with Crippen molar-refractivity contribution in [2.24, 2.45) is 16.1 Å². The average Bonchev–Trinajstić information content (AvgIpc) is 3.63. The summed E-state index contributed by atoms with van der Waals surface area (Å²) in [5.41, 5.74) is 5.92. The van der Waals surface area contributed by atoms with Gasteiger partial charge < -0.3 is 10.2 Å². The summed E-state index contributed by atoms with van der Waals surface area (Å²) in [6, 6.07) is 12.5. The third kappa shape index (κ3) is 4.12. The normalized spacial score (nSPS) is 22.9. The molecule has 1 unspecified atom stereocenters. The zero-order valence-electron chi connectivity index (χ0n) is 19.5. The molecule has 1 aliphatic heterocycles. The summed E-state index contributed by atoms with van der Waals surface area (Å²) in [5, 5.41) is 30.7. The number of allylic oxidation sites excluding steroid dienone is 2. The van der Waals surface area contributed by atoms with Crippen LogP contribution in [-0.2, 0) is 9.59 Å². The summed E-state index contributed by atoms with van der Waals surface area (Å²) in [5.74, 6) is -1.33. The first kappa shape index (κ1) is 22.6. The van der Waals surface area contributed by atoms with E-state index in [4.69, 9.17) is 0 Å². The first-order valence-corrected chi connectivity index (χ1v) is 11.5. The number of nitrogens with one attached hydrogen (secondary N) is 1. The Hall–Kier alpha value is -4.20. The lowest BCUT2D eigenvalue weighted by atomic mass is 9.84. The number of carboxylic acid groups (broad SMARTS) is 1. The minimum atomic E-state index is -1.58. The first-order valence-electron chi connectivity index (χ1n) is 11.5. The Balaban J connectivity index is 1.45. The molecule has 0 bridgehead atoms. The van der Waals surface area contributed by atoms with Crippen LogP contribution in [0.3, 0.4) is 0 Å². The second-order valence-corrected chi connectivity index (χ2v) is 9.24. The SMILES string of the molecule is Cc1ccc(N2N=C(C3CC3)/C(=N/NC3(C(=O)O)C=CC=C(c4ccccc4O)C3)C2=O)cc1C. The van der Waals surface area contributed by atoms with Crippen LogP contribution in [0.1, 0.15) is 36.0 Å². The van der Waals surface area contributed by atoms with Crippen molar-refractivity contribution < 1.29 is 19.8 Å². The largest absolute Gasteiger partial charge is 0.507 e. The molecule has 5 rings (SSSR count). The van der Waals surface area contributed by atoms with Crippen LogP contribution >= 0.6 is 0 Å². The van der Waals surface area contributed by atoms with Gasteiger partial charge in [0.05, 0.1) is 11.4 Å². The topological polar surface area (TPSA) is 115 Å². The van der Waals surface area contributed by atoms with E-state index in [9.17, 15) is 19.8 Å². The number of benzene rings is 2. The highest BCUT2D eigenvalue weighted by atomic mass is 16.4. The molecule has 2 aromatic carbocycles. The molecule has 0 saturated heterocycles. The molecular formula is C27H26N4O4. The predicted molar refractivity (Wildman–Crippen MR) is 134 cm³/mol. The number of aliphatic carboxylic acids is 1. The molecule has 3 N–H and O–H groups in total. The lowest BCUT2D eigenvalue weighted by Crippen LogP contribution is -2.50. The standard InChI is InChI=1S/C27H26N4O4/c1-16-9-12-20(14-17(16)2)31-25(33)24(23(29-31)18-10-11-18)28-30-27(26(34)35)13-5-6-19(15-27)21-7-3-4-8-22(21)32/h3-9,12-14,18,30,32H,10-11,15H2,1-2H3,(H,34,35)/b28-24-. The van der Waals surface area contributed by atoms with Crippen molar-refractivity contribution in [2.75, 3.05) is 5.01 Å². The van der Waals surface area contributed by atoms with E-state index in [0.29, 0.717) is 22.5 Å². The Morgan fingerprint density at radius 3 is 2.63 bits per heavy atom. The number of phenolic OH excluding ortho intramolecular Hbond substituents is 1. The predicted octanol–water partition coefficient (Wildman–Crippen LogP) is 3.93. The number of phenols is 1. The molecule has 1 atom stereocenters. The summed E-state index contributed by atoms with van der Waals surface area (Å²) >= 11 is 0. The number of amides is 1. The van der Waals surface area contributed by atoms with Gasteiger partial charge in [0.1, 0.15) is 5.75 Å². The molecule has 3 aliphatic rings. The number of anilines is 1. The molecule has 1 amide bonds. The summed E-state index contributed by atoms with van der Waals surface area (Å²) in [6.45, 7) is 3.98. The van der Waals surface area contributed by atoms with Crippen molar-refractivity contribution in [1.82, 2.24) is 5.43 Å². The summed E-state index contributed by atoms with van der Waals surface area (Å²) in [4.78, 5) is 25.8. The van der Waals surface area contributed by atoms with Crippen LogP contribution in [0, 0.1) is 19.8 Å². The number of hydrogen-bond acceptors (Lipinski definition) is 6. The lowest BCUT2D eigenvalue weighted by Gasteiger charge is -2.29. The maximum Gasteiger partial charge on any atom is 0.335 e. The van der Waals surface area contributed by atoms with Crippen molar-refractivity contribution in [1.29, 1.82) is 0 Å². The van der Waals surface area contributed by atoms with Crippen molar-refractivity contribution in [3.63, 3.8) is 0 Å². The molecule has 8 nitrogen and oxygen atoms in total. The summed E-state index contributed by atoms with van der Waals surface area (Å²) in [7, 11) is 0. The number of aryl methyl sites for hydroxylation is 2. The maximum absolute atomic E-state index is 13.4. The molecular weight excluding hydrogens is 444 g/mol. The summed E-state index contributed by atoms with van der Waals surface area (Å²) in [6.07, 6.45) is 6.77. The molecule has 0 aromatic heterocycles. The van der Waals surface area contributed by atoms with Crippen molar-refractivity contribution in [3.8, 4) is 5.75 Å². The number of rotatable bonds is 6. The number of aromatic hydroxyl groups is 1. The maximum atomic E-state index is 13.4. The number of carboxylic acids is 1. The molecule has 178 valence electrons. The van der Waals surface area contributed by atoms with Crippen molar-refractivity contribution >= 4 is 34.6 Å². The van der Waals surface area contributed by atoms with E-state index >= 15 is 0 Å². The van der Waals surface area contributed by atoms with Crippen LogP contribution in [0.4, 0.5) is 5.69 Å². The molecule has 1 heterocycles. The van der Waals surface area contributed by atoms with E-state index in [2.05, 4.69) is 15.6 Å². The minimum absolute atomic E-state index is 0.0398. The number of hydrogen-bond donors (Lipinski definition) is 3. The van der Waals surface area contributed by atoms with Crippen LogP contribution in [0.25, 0.3) is 5.57 Å². The van der Waals surface area contributed by atoms with Gasteiger partial charge in [0, 0.05) is 17.9 Å². The third-order valence-corrected chi connectivity index (χ3v) is 6.69. The Morgan fingerprint density at radius 1 is 1.17 bits per heavy atom. The smallest absolute Gasteiger partial charge is 0.335 e. The number of para-hydroxylation sites is 1. The van der Waals surface area contributed by atoms with Gasteiger partial charge in [-0.05, 0) is 67.7 Å². The second-order valence-electron chi connectivity index (χ2n) is 9.24. The minimum Gasteiger partial charge on any atom is -0.507 e. The highest BCUT2D eigenvalue weighted by molar-refractivity contribution is 6.72. The molecule has 2 aliphatic carbocycles. The second kappa shape index (κ2) is 8.54. The molecule has 2 aromatic rings. The number of carbonyl (C=O) groups excluding carboxylic acids is 1. The van der Waals surface area contributed by atoms with Gasteiger partial charge in [-0.15, -0.1) is 0 Å². The fraction of sp³-hybridized carbons (Fsp3) is 0.259. The Bertz CT molecular complexity index is 1350. The van der Waals surface area contributed by atoms with Gasteiger partial charge in [-0.3, -0.25) is 10.2 Å². The Morgan fingerprint density at radius 2 is 1.94 bits per heavy atom. The molecule has 35 heavy (non-hydrogen) atoms. The zero-order chi connectivity index (χ0) is 24.7. The molecule has 8 heteroatoms. The Labute approximate surface area is 203 Å². The lowest BCUT2D eigenvalue weighted by molar-refractivity contribution is -0.142. The van der Waals surface area contributed by atoms with E-state index in [1.807, 2.05) is 32.0 Å². The molecule has 0 spiro atoms. The molecule has 1 fully saturated rings. The van der Waals surface area contributed by atoms with Gasteiger partial charge in [-0.2, -0.15) is 15.2 Å². The van der Waals surface area contributed by atoms with Crippen LogP contribution < -0.4 is 10.4 Å². The van der Waals surface area contributed by atoms with E-state index in [1.165, 1.54) is 11.1 Å². The van der Waals surface area contributed by atoms with Gasteiger partial charge in [0.25, 0.3) is 0 Å². The van der Waals surface area contributed by atoms with Crippen molar-refractivity contribution in [2.45, 2.75) is 38.6 Å². The third-order valence-electron chi connectivity index (χ3n) is 6.69. The molecule has 0 radical (unpaired) electrons. The van der Waals surface area contributed by atoms with Gasteiger partial charge >= 0.3 is 11.9 Å². The number of carbonyl (C=O) groups is 2. The zero-order valence-corrected chi connectivity index (χ0v) is 19.5. The Kier molecular flexibility index (Phi) is 5.51.